The van der Waals surface area contributed by atoms with Gasteiger partial charge in [-0.05, 0) is 25.3 Å². The summed E-state index contributed by atoms with van der Waals surface area (Å²) in [4.78, 5) is 15.6. The normalized spacial score (nSPS) is 10.2. The first-order chi connectivity index (χ1) is 7.70. The Kier molecular flexibility index (Phi) is 5.26. The van der Waals surface area contributed by atoms with E-state index >= 15 is 0 Å². The lowest BCUT2D eigenvalue weighted by atomic mass is 10.1. The Bertz CT molecular complexity index is 366. The van der Waals surface area contributed by atoms with Crippen LogP contribution in [0.5, 0.6) is 0 Å². The number of aromatic nitrogens is 1. The van der Waals surface area contributed by atoms with E-state index in [1.807, 2.05) is 0 Å². The summed E-state index contributed by atoms with van der Waals surface area (Å²) in [5, 5.41) is 0.474. The number of ether oxygens (including phenoxy) is 1. The van der Waals surface area contributed by atoms with Gasteiger partial charge in [0.1, 0.15) is 0 Å². The minimum absolute atomic E-state index is 0.342. The Balaban J connectivity index is 2.89. The highest BCUT2D eigenvalue weighted by atomic mass is 35.5. The van der Waals surface area contributed by atoms with Crippen molar-refractivity contribution in [3.8, 4) is 0 Å². The molecule has 0 unspecified atom stereocenters. The van der Waals surface area contributed by atoms with E-state index in [-0.39, 0.29) is 0 Å². The van der Waals surface area contributed by atoms with Crippen LogP contribution in [-0.2, 0) is 11.2 Å². The second-order valence-electron chi connectivity index (χ2n) is 3.48. The molecule has 1 rings (SSSR count). The van der Waals surface area contributed by atoms with Crippen LogP contribution < -0.4 is 0 Å². The topological polar surface area (TPSA) is 39.2 Å². The van der Waals surface area contributed by atoms with Gasteiger partial charge in [-0.3, -0.25) is 4.98 Å². The molecule has 0 saturated carbocycles. The average Bonchev–Trinajstić information content (AvgIpc) is 2.28. The molecule has 4 heteroatoms. The SMILES string of the molecule is CCCCc1cncc(C(=O)OCC)c1Cl. The molecule has 0 amide bonds. The number of unbranched alkanes of at least 4 members (excludes halogenated alkanes) is 1. The molecule has 88 valence electrons. The van der Waals surface area contributed by atoms with Crippen LogP contribution in [0, 0.1) is 0 Å². The zero-order valence-corrected chi connectivity index (χ0v) is 10.4. The third-order valence-electron chi connectivity index (χ3n) is 2.25. The van der Waals surface area contributed by atoms with Gasteiger partial charge in [-0.25, -0.2) is 4.79 Å². The fourth-order valence-corrected chi connectivity index (χ4v) is 1.65. The average molecular weight is 242 g/mol. The maximum atomic E-state index is 11.5. The lowest BCUT2D eigenvalue weighted by molar-refractivity contribution is 0.0526. The highest BCUT2D eigenvalue weighted by Gasteiger charge is 2.14. The number of hydrogen-bond acceptors (Lipinski definition) is 3. The molecule has 0 atom stereocenters. The predicted molar refractivity (Wildman–Crippen MR) is 63.8 cm³/mol. The second kappa shape index (κ2) is 6.48. The first-order valence-corrected chi connectivity index (χ1v) is 5.88. The van der Waals surface area contributed by atoms with E-state index in [1.165, 1.54) is 6.20 Å². The van der Waals surface area contributed by atoms with Crippen LogP contribution in [0.3, 0.4) is 0 Å². The fourth-order valence-electron chi connectivity index (χ4n) is 1.38. The molecular weight excluding hydrogens is 226 g/mol. The van der Waals surface area contributed by atoms with E-state index in [9.17, 15) is 4.79 Å². The maximum Gasteiger partial charge on any atom is 0.341 e. The highest BCUT2D eigenvalue weighted by molar-refractivity contribution is 6.34. The summed E-state index contributed by atoms with van der Waals surface area (Å²) < 4.78 is 4.90. The third kappa shape index (κ3) is 3.20. The van der Waals surface area contributed by atoms with E-state index < -0.39 is 5.97 Å². The van der Waals surface area contributed by atoms with Gasteiger partial charge in [-0.1, -0.05) is 24.9 Å². The van der Waals surface area contributed by atoms with Crippen LogP contribution in [-0.4, -0.2) is 17.6 Å². The Morgan fingerprint density at radius 3 is 2.81 bits per heavy atom. The minimum atomic E-state index is -0.404. The predicted octanol–water partition coefficient (Wildman–Crippen LogP) is 3.25. The lowest BCUT2D eigenvalue weighted by Gasteiger charge is -2.07. The van der Waals surface area contributed by atoms with Crippen molar-refractivity contribution in [2.75, 3.05) is 6.61 Å². The van der Waals surface area contributed by atoms with Crippen molar-refractivity contribution in [2.24, 2.45) is 0 Å². The van der Waals surface area contributed by atoms with Crippen molar-refractivity contribution in [1.29, 1.82) is 0 Å². The lowest BCUT2D eigenvalue weighted by Crippen LogP contribution is -2.07. The minimum Gasteiger partial charge on any atom is -0.462 e. The molecule has 0 aliphatic rings. The number of aryl methyl sites for hydroxylation is 1. The molecule has 0 saturated heterocycles. The quantitative estimate of drug-likeness (QED) is 0.743. The van der Waals surface area contributed by atoms with Crippen LogP contribution in [0.4, 0.5) is 0 Å². The number of nitrogens with zero attached hydrogens (tertiary/aromatic N) is 1. The number of hydrogen-bond donors (Lipinski definition) is 0. The molecule has 0 bridgehead atoms. The van der Waals surface area contributed by atoms with Crippen molar-refractivity contribution in [3.63, 3.8) is 0 Å². The maximum absolute atomic E-state index is 11.5. The van der Waals surface area contributed by atoms with Gasteiger partial charge in [0.25, 0.3) is 0 Å². The summed E-state index contributed by atoms with van der Waals surface area (Å²) >= 11 is 6.13. The molecule has 1 heterocycles. The molecule has 0 aliphatic carbocycles. The summed E-state index contributed by atoms with van der Waals surface area (Å²) in [5.74, 6) is -0.404. The van der Waals surface area contributed by atoms with Crippen LogP contribution in [0.15, 0.2) is 12.4 Å². The van der Waals surface area contributed by atoms with Crippen LogP contribution in [0.25, 0.3) is 0 Å². The Morgan fingerprint density at radius 2 is 2.19 bits per heavy atom. The molecule has 0 spiro atoms. The van der Waals surface area contributed by atoms with Gasteiger partial charge >= 0.3 is 5.97 Å². The second-order valence-corrected chi connectivity index (χ2v) is 3.86. The molecule has 0 aromatic carbocycles. The van der Waals surface area contributed by atoms with Crippen molar-refractivity contribution >= 4 is 17.6 Å². The summed E-state index contributed by atoms with van der Waals surface area (Å²) in [6.45, 7) is 4.21. The number of esters is 1. The molecule has 0 radical (unpaired) electrons. The number of pyridine rings is 1. The van der Waals surface area contributed by atoms with Crippen molar-refractivity contribution < 1.29 is 9.53 Å². The Labute approximate surface area is 101 Å². The molecule has 0 fully saturated rings. The number of carbonyl (C=O) groups excluding carboxylic acids is 1. The summed E-state index contributed by atoms with van der Waals surface area (Å²) in [7, 11) is 0. The van der Waals surface area contributed by atoms with Gasteiger partial charge in [0.2, 0.25) is 0 Å². The standard InChI is InChI=1S/C12H16ClNO2/c1-3-5-6-9-7-14-8-10(11(9)13)12(15)16-4-2/h7-8H,3-6H2,1-2H3. The number of rotatable bonds is 5. The molecule has 0 N–H and O–H groups in total. The van der Waals surface area contributed by atoms with Crippen molar-refractivity contribution in [2.45, 2.75) is 33.1 Å². The van der Waals surface area contributed by atoms with Crippen molar-refractivity contribution in [1.82, 2.24) is 4.98 Å². The Morgan fingerprint density at radius 1 is 1.44 bits per heavy atom. The summed E-state index contributed by atoms with van der Waals surface area (Å²) in [6, 6.07) is 0. The van der Waals surface area contributed by atoms with Gasteiger partial charge in [0.05, 0.1) is 17.2 Å². The highest BCUT2D eigenvalue weighted by Crippen LogP contribution is 2.22. The van der Waals surface area contributed by atoms with Gasteiger partial charge in [-0.2, -0.15) is 0 Å². The van der Waals surface area contributed by atoms with Gasteiger partial charge < -0.3 is 4.74 Å². The smallest absolute Gasteiger partial charge is 0.341 e. The molecular formula is C12H16ClNO2. The molecule has 1 aromatic heterocycles. The van der Waals surface area contributed by atoms with E-state index in [4.69, 9.17) is 16.3 Å². The van der Waals surface area contributed by atoms with Crippen LogP contribution >= 0.6 is 11.6 Å². The van der Waals surface area contributed by atoms with E-state index in [2.05, 4.69) is 11.9 Å². The summed E-state index contributed by atoms with van der Waals surface area (Å²) in [5.41, 5.74) is 1.27. The molecule has 16 heavy (non-hydrogen) atoms. The monoisotopic (exact) mass is 241 g/mol. The van der Waals surface area contributed by atoms with Gasteiger partial charge in [0, 0.05) is 12.4 Å². The molecule has 0 aliphatic heterocycles. The number of halogens is 1. The first-order valence-electron chi connectivity index (χ1n) is 5.50. The molecule has 3 nitrogen and oxygen atoms in total. The van der Waals surface area contributed by atoms with Gasteiger partial charge in [0.15, 0.2) is 0 Å². The number of carbonyl (C=O) groups is 1. The molecule has 1 aromatic rings. The fraction of sp³-hybridized carbons (Fsp3) is 0.500. The van der Waals surface area contributed by atoms with Crippen LogP contribution in [0.2, 0.25) is 5.02 Å². The third-order valence-corrected chi connectivity index (χ3v) is 2.69. The summed E-state index contributed by atoms with van der Waals surface area (Å²) in [6.07, 6.45) is 6.12. The van der Waals surface area contributed by atoms with E-state index in [0.717, 1.165) is 24.8 Å². The Hall–Kier alpha value is -1.09. The largest absolute Gasteiger partial charge is 0.462 e. The van der Waals surface area contributed by atoms with Crippen molar-refractivity contribution in [3.05, 3.63) is 28.5 Å². The van der Waals surface area contributed by atoms with Crippen LogP contribution in [0.1, 0.15) is 42.6 Å². The first kappa shape index (κ1) is 13.0. The van der Waals surface area contributed by atoms with E-state index in [0.29, 0.717) is 17.2 Å². The van der Waals surface area contributed by atoms with E-state index in [1.54, 1.807) is 13.1 Å². The zero-order chi connectivity index (χ0) is 12.0. The zero-order valence-electron chi connectivity index (χ0n) is 9.62. The van der Waals surface area contributed by atoms with Gasteiger partial charge in [-0.15, -0.1) is 0 Å².